The van der Waals surface area contributed by atoms with Gasteiger partial charge in [-0.1, -0.05) is 26.0 Å². The summed E-state index contributed by atoms with van der Waals surface area (Å²) in [5.41, 5.74) is 1.44. The molecule has 0 aromatic heterocycles. The van der Waals surface area contributed by atoms with E-state index in [0.29, 0.717) is 18.4 Å². The zero-order chi connectivity index (χ0) is 8.65. The fourth-order valence-electron chi connectivity index (χ4n) is 2.00. The first kappa shape index (κ1) is 8.79. The highest BCUT2D eigenvalue weighted by molar-refractivity contribution is 5.10. The lowest BCUT2D eigenvalue weighted by molar-refractivity contribution is -0.0409. The summed E-state index contributed by atoms with van der Waals surface area (Å²) in [6, 6.07) is 0. The minimum atomic E-state index is 0.170. The highest BCUT2D eigenvalue weighted by Crippen LogP contribution is 2.52. The molecule has 0 heterocycles. The van der Waals surface area contributed by atoms with Gasteiger partial charge in [0.2, 0.25) is 0 Å². The van der Waals surface area contributed by atoms with Crippen LogP contribution in [0.25, 0.3) is 0 Å². The van der Waals surface area contributed by atoms with E-state index >= 15 is 0 Å². The zero-order valence-electron chi connectivity index (χ0n) is 7.72. The topological polar surface area (TPSA) is 20.2 Å². The molecule has 1 saturated carbocycles. The Kier molecular flexibility index (Phi) is 2.10. The molecular weight excluding hydrogens is 136 g/mol. The van der Waals surface area contributed by atoms with Gasteiger partial charge in [-0.25, -0.2) is 0 Å². The van der Waals surface area contributed by atoms with Crippen molar-refractivity contribution in [2.45, 2.75) is 27.2 Å². The maximum absolute atomic E-state index is 9.09. The Morgan fingerprint density at radius 1 is 1.73 bits per heavy atom. The van der Waals surface area contributed by atoms with E-state index in [1.165, 1.54) is 5.57 Å². The summed E-state index contributed by atoms with van der Waals surface area (Å²) in [4.78, 5) is 0. The highest BCUT2D eigenvalue weighted by Gasteiger charge is 2.47. The van der Waals surface area contributed by atoms with Crippen molar-refractivity contribution in [3.8, 4) is 0 Å². The van der Waals surface area contributed by atoms with E-state index in [1.807, 2.05) is 0 Å². The number of aliphatic hydroxyl groups excluding tert-OH is 1. The number of allylic oxidation sites excluding steroid dienone is 1. The van der Waals surface area contributed by atoms with Crippen molar-refractivity contribution in [1.29, 1.82) is 0 Å². The van der Waals surface area contributed by atoms with E-state index < -0.39 is 0 Å². The van der Waals surface area contributed by atoms with Crippen LogP contribution in [-0.2, 0) is 0 Å². The predicted molar refractivity (Wildman–Crippen MR) is 47.3 cm³/mol. The number of hydrogen-bond donors (Lipinski definition) is 1. The second kappa shape index (κ2) is 2.63. The third-order valence-corrected chi connectivity index (χ3v) is 3.38. The summed E-state index contributed by atoms with van der Waals surface area (Å²) in [5.74, 6) is 1.25. The van der Waals surface area contributed by atoms with Gasteiger partial charge in [0.1, 0.15) is 0 Å². The van der Waals surface area contributed by atoms with Gasteiger partial charge in [-0.15, -0.1) is 0 Å². The third-order valence-electron chi connectivity index (χ3n) is 3.38. The predicted octanol–water partition coefficient (Wildman–Crippen LogP) is 2.22. The van der Waals surface area contributed by atoms with Crippen LogP contribution >= 0.6 is 0 Å². The molecule has 0 saturated heterocycles. The van der Waals surface area contributed by atoms with E-state index in [2.05, 4.69) is 27.4 Å². The maximum Gasteiger partial charge on any atom is 0.0487 e. The Hall–Kier alpha value is -0.300. The molecule has 1 aliphatic carbocycles. The molecule has 0 bridgehead atoms. The molecule has 1 nitrogen and oxygen atoms in total. The van der Waals surface area contributed by atoms with Crippen LogP contribution in [0.2, 0.25) is 0 Å². The van der Waals surface area contributed by atoms with Gasteiger partial charge < -0.3 is 5.11 Å². The van der Waals surface area contributed by atoms with Crippen LogP contribution in [0.3, 0.4) is 0 Å². The van der Waals surface area contributed by atoms with Crippen molar-refractivity contribution in [2.24, 2.45) is 17.3 Å². The quantitative estimate of drug-likeness (QED) is 0.605. The number of rotatable bonds is 2. The molecular formula is C10H18O. The number of hydrogen-bond acceptors (Lipinski definition) is 1. The van der Waals surface area contributed by atoms with Crippen LogP contribution in [-0.4, -0.2) is 11.7 Å². The van der Waals surface area contributed by atoms with Gasteiger partial charge >= 0.3 is 0 Å². The van der Waals surface area contributed by atoms with Crippen molar-refractivity contribution in [2.75, 3.05) is 6.61 Å². The lowest BCUT2D eigenvalue weighted by Gasteiger charge is -2.51. The van der Waals surface area contributed by atoms with Crippen molar-refractivity contribution in [3.05, 3.63) is 12.2 Å². The molecule has 0 radical (unpaired) electrons. The van der Waals surface area contributed by atoms with Gasteiger partial charge in [-0.05, 0) is 30.6 Å². The molecule has 64 valence electrons. The first-order chi connectivity index (χ1) is 5.01. The number of aliphatic hydroxyl groups is 1. The van der Waals surface area contributed by atoms with E-state index in [1.54, 1.807) is 0 Å². The van der Waals surface area contributed by atoms with Gasteiger partial charge in [0, 0.05) is 6.61 Å². The molecule has 11 heavy (non-hydrogen) atoms. The average Bonchev–Trinajstić information content (AvgIpc) is 1.98. The van der Waals surface area contributed by atoms with Gasteiger partial charge in [-0.2, -0.15) is 0 Å². The molecule has 0 amide bonds. The molecule has 3 atom stereocenters. The third kappa shape index (κ3) is 1.22. The Morgan fingerprint density at radius 3 is 2.55 bits per heavy atom. The van der Waals surface area contributed by atoms with Crippen LogP contribution in [0, 0.1) is 17.3 Å². The lowest BCUT2D eigenvalue weighted by Crippen LogP contribution is -2.47. The summed E-state index contributed by atoms with van der Waals surface area (Å²) in [7, 11) is 0. The van der Waals surface area contributed by atoms with Crippen LogP contribution in [0.5, 0.6) is 0 Å². The summed E-state index contributed by atoms with van der Waals surface area (Å²) >= 11 is 0. The monoisotopic (exact) mass is 154 g/mol. The summed E-state index contributed by atoms with van der Waals surface area (Å²) in [5, 5.41) is 9.09. The fraction of sp³-hybridized carbons (Fsp3) is 0.800. The van der Waals surface area contributed by atoms with Gasteiger partial charge in [0.15, 0.2) is 0 Å². The Bertz CT molecular complexity index is 174. The smallest absolute Gasteiger partial charge is 0.0487 e. The van der Waals surface area contributed by atoms with Crippen LogP contribution in [0.15, 0.2) is 12.2 Å². The van der Waals surface area contributed by atoms with Crippen molar-refractivity contribution >= 4 is 0 Å². The van der Waals surface area contributed by atoms with E-state index in [9.17, 15) is 0 Å². The minimum Gasteiger partial charge on any atom is -0.396 e. The molecule has 0 aromatic rings. The molecule has 1 rings (SSSR count). The molecule has 0 spiro atoms. The Morgan fingerprint density at radius 2 is 2.27 bits per heavy atom. The van der Waals surface area contributed by atoms with Crippen molar-refractivity contribution < 1.29 is 5.11 Å². The van der Waals surface area contributed by atoms with E-state index in [-0.39, 0.29) is 5.41 Å². The zero-order valence-corrected chi connectivity index (χ0v) is 7.72. The summed E-state index contributed by atoms with van der Waals surface area (Å²) in [6.45, 7) is 10.7. The Balaban J connectivity index is 2.56. The molecule has 1 fully saturated rings. The minimum absolute atomic E-state index is 0.170. The molecule has 1 aliphatic rings. The standard InChI is InChI=1S/C10H18O/c1-7(2)9-5-10(4,6-11)8(9)3/h8-9,11H,1,5-6H2,2-4H3. The summed E-state index contributed by atoms with van der Waals surface area (Å²) in [6.07, 6.45) is 1.11. The molecule has 1 N–H and O–H groups in total. The van der Waals surface area contributed by atoms with E-state index in [0.717, 1.165) is 6.42 Å². The molecule has 0 aromatic carbocycles. The van der Waals surface area contributed by atoms with Crippen LogP contribution in [0.4, 0.5) is 0 Å². The van der Waals surface area contributed by atoms with Gasteiger partial charge in [0.05, 0.1) is 0 Å². The lowest BCUT2D eigenvalue weighted by atomic mass is 9.54. The van der Waals surface area contributed by atoms with Gasteiger partial charge in [-0.3, -0.25) is 0 Å². The normalized spacial score (nSPS) is 43.3. The second-order valence-electron chi connectivity index (χ2n) is 4.26. The second-order valence-corrected chi connectivity index (χ2v) is 4.26. The highest BCUT2D eigenvalue weighted by atomic mass is 16.3. The first-order valence-electron chi connectivity index (χ1n) is 4.27. The van der Waals surface area contributed by atoms with Crippen LogP contribution in [0.1, 0.15) is 27.2 Å². The molecule has 1 heteroatoms. The van der Waals surface area contributed by atoms with Crippen molar-refractivity contribution in [3.63, 3.8) is 0 Å². The van der Waals surface area contributed by atoms with Gasteiger partial charge in [0.25, 0.3) is 0 Å². The fourth-order valence-corrected chi connectivity index (χ4v) is 2.00. The Labute approximate surface area is 69.1 Å². The van der Waals surface area contributed by atoms with Crippen LogP contribution < -0.4 is 0 Å². The van der Waals surface area contributed by atoms with E-state index in [4.69, 9.17) is 5.11 Å². The largest absolute Gasteiger partial charge is 0.396 e. The maximum atomic E-state index is 9.09. The average molecular weight is 154 g/mol. The van der Waals surface area contributed by atoms with Crippen molar-refractivity contribution in [1.82, 2.24) is 0 Å². The SMILES string of the molecule is C=C(C)C1CC(C)(CO)C1C. The molecule has 0 aliphatic heterocycles. The first-order valence-corrected chi connectivity index (χ1v) is 4.27. The summed E-state index contributed by atoms with van der Waals surface area (Å²) < 4.78 is 0. The molecule has 3 unspecified atom stereocenters.